The number of nitro benzene ring substituents is 1. The standard InChI is InChI=1S/C18H17N3O6/c1-11(22)20-18(12-8-9-15(25-2)16(10-12)26-3)27-17(19-20)13-6-4-5-7-14(13)21(23)24/h4-10,18H,1-3H3/t18-/m1/s1. The second kappa shape index (κ2) is 7.32. The van der Waals surface area contributed by atoms with E-state index in [-0.39, 0.29) is 23.1 Å². The molecule has 0 N–H and O–H groups in total. The van der Waals surface area contributed by atoms with Crippen LogP contribution in [-0.2, 0) is 9.53 Å². The van der Waals surface area contributed by atoms with Gasteiger partial charge in [0.15, 0.2) is 11.5 Å². The molecule has 3 rings (SSSR count). The molecule has 0 aromatic heterocycles. The number of amides is 1. The molecule has 1 aliphatic heterocycles. The molecule has 9 nitrogen and oxygen atoms in total. The van der Waals surface area contributed by atoms with Crippen LogP contribution in [0.25, 0.3) is 0 Å². The zero-order valence-corrected chi connectivity index (χ0v) is 14.9. The number of para-hydroxylation sites is 1. The van der Waals surface area contributed by atoms with Crippen LogP contribution >= 0.6 is 0 Å². The molecule has 0 bridgehead atoms. The minimum Gasteiger partial charge on any atom is -0.493 e. The molecule has 0 aliphatic carbocycles. The van der Waals surface area contributed by atoms with Gasteiger partial charge in [-0.15, -0.1) is 5.10 Å². The van der Waals surface area contributed by atoms with E-state index >= 15 is 0 Å². The molecule has 0 spiro atoms. The van der Waals surface area contributed by atoms with Gasteiger partial charge in [-0.3, -0.25) is 14.9 Å². The van der Waals surface area contributed by atoms with Crippen LogP contribution in [-0.4, -0.2) is 36.0 Å². The van der Waals surface area contributed by atoms with Gasteiger partial charge in [0.1, 0.15) is 5.56 Å². The fourth-order valence-corrected chi connectivity index (χ4v) is 2.71. The SMILES string of the molecule is COc1ccc([C@H]2OC(c3ccccc3[N+](=O)[O-])=NN2C(C)=O)cc1OC. The minimum atomic E-state index is -0.878. The van der Waals surface area contributed by atoms with E-state index < -0.39 is 11.2 Å². The molecule has 27 heavy (non-hydrogen) atoms. The summed E-state index contributed by atoms with van der Waals surface area (Å²) in [6.45, 7) is 1.34. The Balaban J connectivity index is 2.01. The second-order valence-electron chi connectivity index (χ2n) is 5.63. The van der Waals surface area contributed by atoms with Gasteiger partial charge in [0.2, 0.25) is 18.0 Å². The van der Waals surface area contributed by atoms with Gasteiger partial charge in [-0.1, -0.05) is 12.1 Å². The lowest BCUT2D eigenvalue weighted by Gasteiger charge is -2.20. The lowest BCUT2D eigenvalue weighted by Crippen LogP contribution is -2.25. The summed E-state index contributed by atoms with van der Waals surface area (Å²) in [6, 6.07) is 11.1. The van der Waals surface area contributed by atoms with Gasteiger partial charge in [0, 0.05) is 18.6 Å². The molecule has 1 aliphatic rings. The van der Waals surface area contributed by atoms with Gasteiger partial charge in [-0.25, -0.2) is 0 Å². The number of hydrogen-bond acceptors (Lipinski definition) is 7. The van der Waals surface area contributed by atoms with Crippen molar-refractivity contribution in [1.29, 1.82) is 0 Å². The number of methoxy groups -OCH3 is 2. The predicted octanol–water partition coefficient (Wildman–Crippen LogP) is 2.85. The maximum absolute atomic E-state index is 12.1. The Labute approximate surface area is 154 Å². The lowest BCUT2D eigenvalue weighted by atomic mass is 10.1. The molecular weight excluding hydrogens is 354 g/mol. The summed E-state index contributed by atoms with van der Waals surface area (Å²) in [7, 11) is 3.01. The largest absolute Gasteiger partial charge is 0.493 e. The van der Waals surface area contributed by atoms with Crippen LogP contribution in [0.4, 0.5) is 5.69 Å². The maximum Gasteiger partial charge on any atom is 0.282 e. The summed E-state index contributed by atoms with van der Waals surface area (Å²) in [5.41, 5.74) is 0.615. The van der Waals surface area contributed by atoms with E-state index in [4.69, 9.17) is 14.2 Å². The van der Waals surface area contributed by atoms with E-state index in [9.17, 15) is 14.9 Å². The van der Waals surface area contributed by atoms with E-state index in [1.807, 2.05) is 0 Å². The van der Waals surface area contributed by atoms with Crippen LogP contribution in [0.2, 0.25) is 0 Å². The Morgan fingerprint density at radius 3 is 2.52 bits per heavy atom. The molecule has 1 heterocycles. The second-order valence-corrected chi connectivity index (χ2v) is 5.63. The van der Waals surface area contributed by atoms with Crippen molar-refractivity contribution < 1.29 is 23.9 Å². The van der Waals surface area contributed by atoms with E-state index in [0.29, 0.717) is 17.1 Å². The van der Waals surface area contributed by atoms with E-state index in [2.05, 4.69) is 5.10 Å². The summed E-state index contributed by atoms with van der Waals surface area (Å²) in [6.07, 6.45) is -0.878. The fourth-order valence-electron chi connectivity index (χ4n) is 2.71. The molecule has 2 aromatic carbocycles. The predicted molar refractivity (Wildman–Crippen MR) is 95.5 cm³/mol. The van der Waals surface area contributed by atoms with Gasteiger partial charge < -0.3 is 14.2 Å². The molecule has 9 heteroatoms. The fraction of sp³-hybridized carbons (Fsp3) is 0.222. The number of benzene rings is 2. The number of rotatable bonds is 5. The van der Waals surface area contributed by atoms with Crippen molar-refractivity contribution >= 4 is 17.5 Å². The third-order valence-electron chi connectivity index (χ3n) is 3.99. The molecule has 1 atom stereocenters. The highest BCUT2D eigenvalue weighted by Gasteiger charge is 2.35. The average molecular weight is 371 g/mol. The molecule has 140 valence electrons. The van der Waals surface area contributed by atoms with Crippen molar-refractivity contribution in [1.82, 2.24) is 5.01 Å². The summed E-state index contributed by atoms with van der Waals surface area (Å²) < 4.78 is 16.3. The summed E-state index contributed by atoms with van der Waals surface area (Å²) in [5.74, 6) is 0.607. The Morgan fingerprint density at radius 2 is 1.89 bits per heavy atom. The first-order valence-electron chi connectivity index (χ1n) is 7.97. The molecular formula is C18H17N3O6. The highest BCUT2D eigenvalue weighted by atomic mass is 16.6. The van der Waals surface area contributed by atoms with Crippen LogP contribution in [0.3, 0.4) is 0 Å². The first-order valence-corrected chi connectivity index (χ1v) is 7.97. The molecule has 0 radical (unpaired) electrons. The molecule has 1 amide bonds. The van der Waals surface area contributed by atoms with Crippen LogP contribution < -0.4 is 9.47 Å². The zero-order valence-electron chi connectivity index (χ0n) is 14.9. The molecule has 2 aromatic rings. The van der Waals surface area contributed by atoms with Gasteiger partial charge in [0.05, 0.1) is 19.1 Å². The molecule has 0 saturated heterocycles. The van der Waals surface area contributed by atoms with E-state index in [0.717, 1.165) is 5.01 Å². The lowest BCUT2D eigenvalue weighted by molar-refractivity contribution is -0.385. The van der Waals surface area contributed by atoms with Gasteiger partial charge in [-0.2, -0.15) is 5.01 Å². The van der Waals surface area contributed by atoms with E-state index in [1.54, 1.807) is 30.3 Å². The normalized spacial score (nSPS) is 15.7. The molecule has 0 unspecified atom stereocenters. The topological polar surface area (TPSA) is 103 Å². The smallest absolute Gasteiger partial charge is 0.282 e. The van der Waals surface area contributed by atoms with Crippen LogP contribution in [0, 0.1) is 10.1 Å². The zero-order chi connectivity index (χ0) is 19.6. The first kappa shape index (κ1) is 18.2. The van der Waals surface area contributed by atoms with Gasteiger partial charge in [0.25, 0.3) is 5.69 Å². The number of nitro groups is 1. The van der Waals surface area contributed by atoms with Crippen molar-refractivity contribution in [2.45, 2.75) is 13.2 Å². The Hall–Kier alpha value is -3.62. The number of carbonyl (C=O) groups is 1. The molecule has 0 saturated carbocycles. The third kappa shape index (κ3) is 3.39. The highest BCUT2D eigenvalue weighted by Crippen LogP contribution is 2.36. The Kier molecular flexibility index (Phi) is 4.93. The summed E-state index contributed by atoms with van der Waals surface area (Å²) >= 11 is 0. The number of hydrogen-bond donors (Lipinski definition) is 0. The van der Waals surface area contributed by atoms with Crippen molar-refractivity contribution in [2.75, 3.05) is 14.2 Å². The van der Waals surface area contributed by atoms with Crippen LogP contribution in [0.15, 0.2) is 47.6 Å². The number of nitrogens with zero attached hydrogens (tertiary/aromatic N) is 3. The monoisotopic (exact) mass is 371 g/mol. The third-order valence-corrected chi connectivity index (χ3v) is 3.99. The van der Waals surface area contributed by atoms with Crippen molar-refractivity contribution in [3.63, 3.8) is 0 Å². The van der Waals surface area contributed by atoms with Crippen LogP contribution in [0.1, 0.15) is 24.3 Å². The van der Waals surface area contributed by atoms with Gasteiger partial charge in [-0.05, 0) is 24.3 Å². The van der Waals surface area contributed by atoms with Crippen molar-refractivity contribution in [2.24, 2.45) is 5.10 Å². The quantitative estimate of drug-likeness (QED) is 0.591. The highest BCUT2D eigenvalue weighted by molar-refractivity contribution is 5.99. The van der Waals surface area contributed by atoms with Crippen LogP contribution in [0.5, 0.6) is 11.5 Å². The Bertz CT molecular complexity index is 927. The molecule has 0 fully saturated rings. The van der Waals surface area contributed by atoms with E-state index in [1.165, 1.54) is 33.3 Å². The summed E-state index contributed by atoms with van der Waals surface area (Å²) in [4.78, 5) is 22.8. The average Bonchev–Trinajstić information content (AvgIpc) is 3.13. The van der Waals surface area contributed by atoms with Crippen molar-refractivity contribution in [3.05, 3.63) is 63.7 Å². The number of hydrazone groups is 1. The Morgan fingerprint density at radius 1 is 1.19 bits per heavy atom. The first-order chi connectivity index (χ1) is 13.0. The maximum atomic E-state index is 12.1. The van der Waals surface area contributed by atoms with Gasteiger partial charge >= 0.3 is 0 Å². The number of carbonyl (C=O) groups excluding carboxylic acids is 1. The summed E-state index contributed by atoms with van der Waals surface area (Å²) in [5, 5.41) is 16.6. The number of ether oxygens (including phenoxy) is 3. The minimum absolute atomic E-state index is 0.00251. The van der Waals surface area contributed by atoms with Crippen molar-refractivity contribution in [3.8, 4) is 11.5 Å².